The molecule has 0 radical (unpaired) electrons. The molecule has 0 aliphatic heterocycles. The van der Waals surface area contributed by atoms with Gasteiger partial charge in [0.25, 0.3) is 21.8 Å². The molecule has 0 atom stereocenters. The molecule has 3 N–H and O–H groups in total. The quantitative estimate of drug-likeness (QED) is 0.147. The Bertz CT molecular complexity index is 2700. The number of H-pyrrole nitrogens is 1. The van der Waals surface area contributed by atoms with Crippen LogP contribution in [0, 0.1) is 6.92 Å². The monoisotopic (exact) mass is 791 g/mol. The number of thiazole rings is 1. The number of fused-ring (bicyclic) bond motifs is 1. The van der Waals surface area contributed by atoms with Gasteiger partial charge >= 0.3 is 4.87 Å². The summed E-state index contributed by atoms with van der Waals surface area (Å²) in [5.41, 5.74) is 2.76. The number of anilines is 2. The van der Waals surface area contributed by atoms with Crippen LogP contribution in [-0.2, 0) is 26.9 Å². The van der Waals surface area contributed by atoms with Crippen LogP contribution >= 0.6 is 11.3 Å². The lowest BCUT2D eigenvalue weighted by Crippen LogP contribution is -2.14. The van der Waals surface area contributed by atoms with Crippen LogP contribution in [0.1, 0.15) is 44.7 Å². The molecule has 14 nitrogen and oxygen atoms in total. The molecule has 0 saturated carbocycles. The van der Waals surface area contributed by atoms with Gasteiger partial charge in [-0.2, -0.15) is 0 Å². The van der Waals surface area contributed by atoms with Gasteiger partial charge in [-0.15, -0.1) is 0 Å². The summed E-state index contributed by atoms with van der Waals surface area (Å²) in [7, 11) is -5.91. The van der Waals surface area contributed by atoms with Crippen molar-refractivity contribution in [2.24, 2.45) is 7.05 Å². The van der Waals surface area contributed by atoms with Crippen LogP contribution in [0.4, 0.5) is 11.4 Å². The fourth-order valence-corrected chi connectivity index (χ4v) is 8.43. The molecule has 7 rings (SSSR count). The summed E-state index contributed by atoms with van der Waals surface area (Å²) in [6.45, 7) is 5.89. The van der Waals surface area contributed by atoms with Gasteiger partial charge in [-0.25, -0.2) is 20.8 Å². The number of carbonyl (C=O) groups excluding carboxylic acids is 2. The molecular formula is C37H41N7O7S3. The van der Waals surface area contributed by atoms with Gasteiger partial charge in [-0.05, 0) is 73.7 Å². The minimum absolute atomic E-state index is 0. The SMILES string of the molecule is CC.Cc1ccc(S(=O)(=O)c2cc(NC(=O)c3ccccn3)cn2C)cc1.O=C(Nc1ccn(S(=O)(=O)c2ccc3[nH]c(=O)sc3c2)c1)c1ccccn1.[HH].[HH].[HH]. The van der Waals surface area contributed by atoms with Gasteiger partial charge in [0.15, 0.2) is 0 Å². The molecular weight excluding hydrogens is 751 g/mol. The van der Waals surface area contributed by atoms with Crippen molar-refractivity contribution in [1.82, 2.24) is 23.5 Å². The van der Waals surface area contributed by atoms with Crippen LogP contribution in [0.15, 0.2) is 142 Å². The van der Waals surface area contributed by atoms with E-state index in [9.17, 15) is 31.2 Å². The third-order valence-corrected chi connectivity index (χ3v) is 11.8. The molecule has 2 aromatic carbocycles. The van der Waals surface area contributed by atoms with Gasteiger partial charge < -0.3 is 20.2 Å². The van der Waals surface area contributed by atoms with Crippen LogP contribution in [0.25, 0.3) is 10.2 Å². The third-order valence-electron chi connectivity index (χ3n) is 7.51. The standard InChI is InChI=1S/C18H17N3O3S.C17H12N4O4S2.C2H6.3H2/c1-13-6-8-15(9-7-13)25(23,24)17-11-14(12-21(17)2)20-18(22)16-5-3-4-10-19-16;22-16(14-3-1-2-7-18-14)19-11-6-8-21(10-11)27(24,25)12-4-5-13-15(9-12)26-17(23)20-13;1-2;;;/h3-12H,1-2H3,(H,20,22);1-10H,(H,19,22)(H,20,23);1-2H3;3*1H. The summed E-state index contributed by atoms with van der Waals surface area (Å²) in [5.74, 6) is -0.838. The minimum Gasteiger partial charge on any atom is -0.339 e. The van der Waals surface area contributed by atoms with E-state index in [4.69, 9.17) is 0 Å². The summed E-state index contributed by atoms with van der Waals surface area (Å²) in [6.07, 6.45) is 7.22. The number of aromatic amines is 1. The van der Waals surface area contributed by atoms with Crippen LogP contribution < -0.4 is 15.5 Å². The number of nitrogens with zero attached hydrogens (tertiary/aromatic N) is 4. The lowest BCUT2D eigenvalue weighted by molar-refractivity contribution is 0.101. The minimum atomic E-state index is -3.86. The smallest absolute Gasteiger partial charge is 0.305 e. The highest BCUT2D eigenvalue weighted by Gasteiger charge is 2.23. The number of rotatable bonds is 8. The van der Waals surface area contributed by atoms with E-state index in [2.05, 4.69) is 25.6 Å². The molecule has 2 amide bonds. The average molecular weight is 792 g/mol. The number of sulfone groups is 1. The van der Waals surface area contributed by atoms with E-state index >= 15 is 0 Å². The largest absolute Gasteiger partial charge is 0.339 e. The molecule has 284 valence electrons. The molecule has 0 bridgehead atoms. The predicted molar refractivity (Wildman–Crippen MR) is 214 cm³/mol. The number of hydrogen-bond donors (Lipinski definition) is 3. The Morgan fingerprint density at radius 2 is 1.35 bits per heavy atom. The molecule has 5 aromatic heterocycles. The number of aryl methyl sites for hydroxylation is 2. The van der Waals surface area contributed by atoms with Crippen molar-refractivity contribution in [1.29, 1.82) is 0 Å². The molecule has 7 aromatic rings. The summed E-state index contributed by atoms with van der Waals surface area (Å²) >= 11 is 0.940. The van der Waals surface area contributed by atoms with E-state index in [1.54, 1.807) is 80.0 Å². The highest BCUT2D eigenvalue weighted by Crippen LogP contribution is 2.26. The van der Waals surface area contributed by atoms with Crippen LogP contribution in [0.5, 0.6) is 0 Å². The second-order valence-corrected chi connectivity index (χ2v) is 16.0. The van der Waals surface area contributed by atoms with Gasteiger partial charge in [-0.3, -0.25) is 24.4 Å². The van der Waals surface area contributed by atoms with E-state index in [0.29, 0.717) is 21.6 Å². The maximum absolute atomic E-state index is 12.8. The zero-order valence-electron chi connectivity index (χ0n) is 29.4. The van der Waals surface area contributed by atoms with Crippen LogP contribution in [0.3, 0.4) is 0 Å². The van der Waals surface area contributed by atoms with Gasteiger partial charge in [-0.1, -0.05) is 55.0 Å². The molecule has 0 fully saturated rings. The van der Waals surface area contributed by atoms with E-state index < -0.39 is 31.7 Å². The molecule has 0 unspecified atom stereocenters. The van der Waals surface area contributed by atoms with Crippen molar-refractivity contribution < 1.29 is 30.7 Å². The topological polar surface area (TPSA) is 195 Å². The fraction of sp³-hybridized carbons (Fsp3) is 0.108. The molecule has 5 heterocycles. The Morgan fingerprint density at radius 1 is 0.759 bits per heavy atom. The van der Waals surface area contributed by atoms with E-state index in [0.717, 1.165) is 20.9 Å². The Morgan fingerprint density at radius 3 is 1.94 bits per heavy atom. The van der Waals surface area contributed by atoms with E-state index in [-0.39, 0.29) is 35.4 Å². The zero-order chi connectivity index (χ0) is 39.0. The van der Waals surface area contributed by atoms with Crippen molar-refractivity contribution in [2.45, 2.75) is 35.6 Å². The van der Waals surface area contributed by atoms with Gasteiger partial charge in [0.05, 0.1) is 31.4 Å². The molecule has 54 heavy (non-hydrogen) atoms. The second kappa shape index (κ2) is 16.7. The normalized spacial score (nSPS) is 11.1. The first kappa shape index (κ1) is 39.0. The van der Waals surface area contributed by atoms with Crippen molar-refractivity contribution in [3.63, 3.8) is 0 Å². The molecule has 0 aliphatic rings. The average Bonchev–Trinajstić information content (AvgIpc) is 3.91. The van der Waals surface area contributed by atoms with Crippen molar-refractivity contribution in [2.75, 3.05) is 10.6 Å². The first-order valence-electron chi connectivity index (χ1n) is 16.3. The fourth-order valence-electron chi connectivity index (χ4n) is 4.91. The maximum atomic E-state index is 12.8. The zero-order valence-corrected chi connectivity index (χ0v) is 31.9. The van der Waals surface area contributed by atoms with Crippen molar-refractivity contribution in [3.8, 4) is 0 Å². The Balaban J connectivity index is 0.000000360. The molecule has 0 aliphatic carbocycles. The first-order chi connectivity index (χ1) is 25.8. The van der Waals surface area contributed by atoms with Crippen molar-refractivity contribution >= 4 is 64.6 Å². The van der Waals surface area contributed by atoms with Gasteiger partial charge in [0.2, 0.25) is 9.84 Å². The number of pyridine rings is 2. The van der Waals surface area contributed by atoms with Crippen LogP contribution in [0.2, 0.25) is 0 Å². The lowest BCUT2D eigenvalue weighted by Gasteiger charge is -2.06. The Hall–Kier alpha value is -6.17. The first-order valence-corrected chi connectivity index (χ1v) is 20.0. The highest BCUT2D eigenvalue weighted by molar-refractivity contribution is 7.91. The number of amides is 2. The predicted octanol–water partition coefficient (Wildman–Crippen LogP) is 6.85. The van der Waals surface area contributed by atoms with Crippen LogP contribution in [-0.4, -0.2) is 52.1 Å². The number of carbonyl (C=O) groups is 2. The summed E-state index contributed by atoms with van der Waals surface area (Å²) in [6, 6.07) is 23.9. The third kappa shape index (κ3) is 8.88. The summed E-state index contributed by atoms with van der Waals surface area (Å²) in [5, 5.41) is 5.37. The number of nitrogens with one attached hydrogen (secondary N) is 3. The summed E-state index contributed by atoms with van der Waals surface area (Å²) in [4.78, 5) is 46.2. The second-order valence-electron chi connectivity index (χ2n) is 11.2. The van der Waals surface area contributed by atoms with Gasteiger partial charge in [0.1, 0.15) is 16.4 Å². The molecule has 0 spiro atoms. The number of benzene rings is 2. The van der Waals surface area contributed by atoms with Gasteiger partial charge in [0, 0.05) is 42.3 Å². The summed E-state index contributed by atoms with van der Waals surface area (Å²) < 4.78 is 54.2. The molecule has 17 heteroatoms. The van der Waals surface area contributed by atoms with E-state index in [1.165, 1.54) is 53.6 Å². The molecule has 0 saturated heterocycles. The maximum Gasteiger partial charge on any atom is 0.305 e. The lowest BCUT2D eigenvalue weighted by atomic mass is 10.2. The Labute approximate surface area is 319 Å². The highest BCUT2D eigenvalue weighted by atomic mass is 32.2. The number of aromatic nitrogens is 5. The van der Waals surface area contributed by atoms with Crippen molar-refractivity contribution in [3.05, 3.63) is 149 Å². The Kier molecular flexibility index (Phi) is 12.0. The number of hydrogen-bond acceptors (Lipinski definition) is 10. The van der Waals surface area contributed by atoms with E-state index in [1.807, 2.05) is 20.8 Å².